The van der Waals surface area contributed by atoms with E-state index >= 15 is 0 Å². The van der Waals surface area contributed by atoms with Crippen LogP contribution in [0.5, 0.6) is 0 Å². The minimum atomic E-state index is -0.550. The number of benzene rings is 1. The molecule has 0 heterocycles. The maximum atomic E-state index is 11.7. The van der Waals surface area contributed by atoms with E-state index in [4.69, 9.17) is 0 Å². The van der Waals surface area contributed by atoms with E-state index in [9.17, 15) is 9.59 Å². The highest BCUT2D eigenvalue weighted by atomic mass is 16.2. The summed E-state index contributed by atoms with van der Waals surface area (Å²) in [5.74, 6) is -0.439. The van der Waals surface area contributed by atoms with Gasteiger partial charge in [-0.05, 0) is 17.7 Å². The Hall–Kier alpha value is -2.62. The van der Waals surface area contributed by atoms with E-state index in [1.54, 1.807) is 48.6 Å². The molecule has 1 aromatic carbocycles. The van der Waals surface area contributed by atoms with E-state index in [0.29, 0.717) is 5.56 Å². The van der Waals surface area contributed by atoms with Gasteiger partial charge in [-0.1, -0.05) is 49.6 Å². The molecule has 0 bridgehead atoms. The summed E-state index contributed by atoms with van der Waals surface area (Å²) in [6, 6.07) is 7.98. The lowest BCUT2D eigenvalue weighted by Gasteiger charge is -2.07. The summed E-state index contributed by atoms with van der Waals surface area (Å²) in [5.41, 5.74) is 1.24. The highest BCUT2D eigenvalue weighted by Crippen LogP contribution is 1.98. The van der Waals surface area contributed by atoms with Crippen molar-refractivity contribution in [2.24, 2.45) is 0 Å². The number of carbonyl (C=O) groups is 2. The van der Waals surface area contributed by atoms with Crippen LogP contribution in [-0.2, 0) is 0 Å². The monoisotopic (exact) mass is 256 g/mol. The Labute approximate surface area is 112 Å². The van der Waals surface area contributed by atoms with Crippen LogP contribution < -0.4 is 10.6 Å². The molecule has 19 heavy (non-hydrogen) atoms. The Balaban J connectivity index is 2.48. The lowest BCUT2D eigenvalue weighted by atomic mass is 10.2. The van der Waals surface area contributed by atoms with Gasteiger partial charge in [-0.2, -0.15) is 0 Å². The second-order valence-corrected chi connectivity index (χ2v) is 3.68. The molecule has 4 nitrogen and oxygen atoms in total. The quantitative estimate of drug-likeness (QED) is 0.795. The first kappa shape index (κ1) is 14.4. The fourth-order valence-electron chi connectivity index (χ4n) is 1.34. The SMILES string of the molecule is C=C/C=C(\C=C)CNC(=O)NC(=O)c1ccccc1. The van der Waals surface area contributed by atoms with Crippen molar-refractivity contribution in [2.45, 2.75) is 0 Å². The first-order valence-corrected chi connectivity index (χ1v) is 5.75. The summed E-state index contributed by atoms with van der Waals surface area (Å²) in [6.45, 7) is 7.45. The van der Waals surface area contributed by atoms with Crippen molar-refractivity contribution in [3.8, 4) is 0 Å². The molecule has 0 atom stereocenters. The smallest absolute Gasteiger partial charge is 0.321 e. The molecule has 4 heteroatoms. The first-order chi connectivity index (χ1) is 9.17. The van der Waals surface area contributed by atoms with Gasteiger partial charge in [0.25, 0.3) is 5.91 Å². The van der Waals surface area contributed by atoms with E-state index in [-0.39, 0.29) is 6.54 Å². The zero-order chi connectivity index (χ0) is 14.1. The van der Waals surface area contributed by atoms with Crippen LogP contribution in [0.4, 0.5) is 4.79 Å². The van der Waals surface area contributed by atoms with E-state index in [1.165, 1.54) is 0 Å². The first-order valence-electron chi connectivity index (χ1n) is 5.75. The number of amides is 3. The zero-order valence-electron chi connectivity index (χ0n) is 10.6. The number of rotatable bonds is 5. The maximum absolute atomic E-state index is 11.7. The predicted octanol–water partition coefficient (Wildman–Crippen LogP) is 2.42. The van der Waals surface area contributed by atoms with Crippen molar-refractivity contribution in [3.05, 3.63) is 72.9 Å². The second-order valence-electron chi connectivity index (χ2n) is 3.68. The van der Waals surface area contributed by atoms with Gasteiger partial charge in [-0.3, -0.25) is 10.1 Å². The van der Waals surface area contributed by atoms with Crippen LogP contribution in [0.2, 0.25) is 0 Å². The van der Waals surface area contributed by atoms with E-state index in [1.807, 2.05) is 0 Å². The van der Waals surface area contributed by atoms with Crippen molar-refractivity contribution in [1.82, 2.24) is 10.6 Å². The van der Waals surface area contributed by atoms with Gasteiger partial charge in [-0.15, -0.1) is 0 Å². The van der Waals surface area contributed by atoms with Crippen LogP contribution in [0.3, 0.4) is 0 Å². The van der Waals surface area contributed by atoms with E-state index < -0.39 is 11.9 Å². The summed E-state index contributed by atoms with van der Waals surface area (Å²) in [7, 11) is 0. The Morgan fingerprint density at radius 3 is 2.42 bits per heavy atom. The summed E-state index contributed by atoms with van der Waals surface area (Å²) in [6.07, 6.45) is 4.94. The lowest BCUT2D eigenvalue weighted by molar-refractivity contribution is 0.0964. The number of nitrogens with one attached hydrogen (secondary N) is 2. The van der Waals surface area contributed by atoms with Gasteiger partial charge in [0.05, 0.1) is 0 Å². The van der Waals surface area contributed by atoms with Crippen LogP contribution in [0.25, 0.3) is 0 Å². The van der Waals surface area contributed by atoms with Gasteiger partial charge in [0.1, 0.15) is 0 Å². The van der Waals surface area contributed by atoms with Gasteiger partial charge >= 0.3 is 6.03 Å². The normalized spacial score (nSPS) is 10.4. The van der Waals surface area contributed by atoms with Crippen LogP contribution >= 0.6 is 0 Å². The third kappa shape index (κ3) is 5.04. The minimum absolute atomic E-state index is 0.281. The van der Waals surface area contributed by atoms with Gasteiger partial charge in [0.15, 0.2) is 0 Å². The minimum Gasteiger partial charge on any atom is -0.334 e. The van der Waals surface area contributed by atoms with Crippen molar-refractivity contribution in [2.75, 3.05) is 6.54 Å². The molecular weight excluding hydrogens is 240 g/mol. The molecule has 0 spiro atoms. The van der Waals surface area contributed by atoms with E-state index in [2.05, 4.69) is 23.8 Å². The predicted molar refractivity (Wildman–Crippen MR) is 75.8 cm³/mol. The molecule has 0 unspecified atom stereocenters. The highest BCUT2D eigenvalue weighted by Gasteiger charge is 2.08. The number of hydrogen-bond acceptors (Lipinski definition) is 2. The fourth-order valence-corrected chi connectivity index (χ4v) is 1.34. The Morgan fingerprint density at radius 2 is 1.84 bits per heavy atom. The number of hydrogen-bond donors (Lipinski definition) is 2. The Kier molecular flexibility index (Phi) is 5.82. The molecule has 1 rings (SSSR count). The van der Waals surface area contributed by atoms with Gasteiger partial charge in [0.2, 0.25) is 0 Å². The molecule has 98 valence electrons. The number of carbonyl (C=O) groups excluding carboxylic acids is 2. The summed E-state index contributed by atoms with van der Waals surface area (Å²) >= 11 is 0. The van der Waals surface area contributed by atoms with Crippen LogP contribution in [0, 0.1) is 0 Å². The molecule has 0 saturated heterocycles. The molecule has 0 aliphatic rings. The fraction of sp³-hybridized carbons (Fsp3) is 0.0667. The molecular formula is C15H16N2O2. The second kappa shape index (κ2) is 7.66. The van der Waals surface area contributed by atoms with Crippen molar-refractivity contribution in [1.29, 1.82) is 0 Å². The summed E-state index contributed by atoms with van der Waals surface area (Å²) < 4.78 is 0. The molecule has 0 radical (unpaired) electrons. The van der Waals surface area contributed by atoms with Crippen molar-refractivity contribution >= 4 is 11.9 Å². The average Bonchev–Trinajstić information content (AvgIpc) is 2.44. The lowest BCUT2D eigenvalue weighted by Crippen LogP contribution is -2.40. The van der Waals surface area contributed by atoms with Crippen LogP contribution in [-0.4, -0.2) is 18.5 Å². The van der Waals surface area contributed by atoms with Crippen molar-refractivity contribution in [3.63, 3.8) is 0 Å². The van der Waals surface area contributed by atoms with Gasteiger partial charge in [-0.25, -0.2) is 4.79 Å². The Bertz CT molecular complexity index is 504. The molecule has 0 saturated carbocycles. The Morgan fingerprint density at radius 1 is 1.16 bits per heavy atom. The molecule has 0 aliphatic carbocycles. The third-order valence-corrected chi connectivity index (χ3v) is 2.31. The van der Waals surface area contributed by atoms with Crippen LogP contribution in [0.15, 0.2) is 67.3 Å². The number of allylic oxidation sites excluding steroid dienone is 2. The van der Waals surface area contributed by atoms with Gasteiger partial charge in [0, 0.05) is 12.1 Å². The van der Waals surface area contributed by atoms with E-state index in [0.717, 1.165) is 5.57 Å². The topological polar surface area (TPSA) is 58.2 Å². The molecule has 2 N–H and O–H groups in total. The molecule has 3 amide bonds. The van der Waals surface area contributed by atoms with Gasteiger partial charge < -0.3 is 5.32 Å². The maximum Gasteiger partial charge on any atom is 0.321 e. The summed E-state index contributed by atoms with van der Waals surface area (Å²) in [5, 5.41) is 4.80. The number of urea groups is 1. The van der Waals surface area contributed by atoms with Crippen LogP contribution in [0.1, 0.15) is 10.4 Å². The highest BCUT2D eigenvalue weighted by molar-refractivity contribution is 6.04. The number of imide groups is 1. The average molecular weight is 256 g/mol. The third-order valence-electron chi connectivity index (χ3n) is 2.31. The standard InChI is InChI=1S/C15H16N2O2/c1-3-8-12(4-2)11-16-15(19)17-14(18)13-9-6-5-7-10-13/h3-10H,1-2,11H2,(H2,16,17,18,19)/b12-8+. The van der Waals surface area contributed by atoms with Crippen molar-refractivity contribution < 1.29 is 9.59 Å². The molecule has 0 fully saturated rings. The molecule has 0 aliphatic heterocycles. The largest absolute Gasteiger partial charge is 0.334 e. The molecule has 0 aromatic heterocycles. The molecule has 1 aromatic rings. The zero-order valence-corrected chi connectivity index (χ0v) is 10.6. The summed E-state index contributed by atoms with van der Waals surface area (Å²) in [4.78, 5) is 23.2.